The number of allylic oxidation sites excluding steroid dienone is 1. The Balaban J connectivity index is 2.21. The lowest BCUT2D eigenvalue weighted by Crippen LogP contribution is -2.44. The first-order chi connectivity index (χ1) is 6.22. The van der Waals surface area contributed by atoms with Crippen molar-refractivity contribution in [3.8, 4) is 0 Å². The first-order valence-electron chi connectivity index (χ1n) is 4.84. The van der Waals surface area contributed by atoms with E-state index < -0.39 is 6.23 Å². The Morgan fingerprint density at radius 1 is 1.62 bits per heavy atom. The third-order valence-corrected chi connectivity index (χ3v) is 3.02. The Hall–Kier alpha value is -0.420. The minimum atomic E-state index is -0.536. The van der Waals surface area contributed by atoms with Gasteiger partial charge in [0.1, 0.15) is 6.23 Å². The monoisotopic (exact) mass is 183 g/mol. The fourth-order valence-corrected chi connectivity index (χ4v) is 2.30. The smallest absolute Gasteiger partial charge is 0.126 e. The molecule has 0 bridgehead atoms. The average Bonchev–Trinajstić information content (AvgIpc) is 2.40. The number of nitrogens with two attached hydrogens (primary N) is 1. The molecule has 0 saturated carbocycles. The van der Waals surface area contributed by atoms with Gasteiger partial charge in [0.2, 0.25) is 0 Å². The summed E-state index contributed by atoms with van der Waals surface area (Å²) in [6.45, 7) is 2.20. The molecule has 0 spiro atoms. The number of aliphatic hydroxyl groups is 1. The minimum Gasteiger partial charge on any atom is -0.377 e. The van der Waals surface area contributed by atoms with Crippen LogP contribution in [0.5, 0.6) is 0 Å². The molecule has 13 heavy (non-hydrogen) atoms. The van der Waals surface area contributed by atoms with Crippen LogP contribution in [0.15, 0.2) is 11.6 Å². The van der Waals surface area contributed by atoms with Crippen molar-refractivity contribution < 1.29 is 5.11 Å². The predicted molar refractivity (Wildman–Crippen MR) is 50.5 cm³/mol. The maximum Gasteiger partial charge on any atom is 0.126 e. The number of hydrogen-bond acceptors (Lipinski definition) is 4. The third kappa shape index (κ3) is 1.50. The van der Waals surface area contributed by atoms with Crippen LogP contribution in [0.1, 0.15) is 19.8 Å². The van der Waals surface area contributed by atoms with Crippen LogP contribution in [0.2, 0.25) is 0 Å². The largest absolute Gasteiger partial charge is 0.377 e. The van der Waals surface area contributed by atoms with Gasteiger partial charge in [-0.1, -0.05) is 13.0 Å². The summed E-state index contributed by atoms with van der Waals surface area (Å²) in [5, 5.41) is 12.7. The molecule has 1 fully saturated rings. The Labute approximate surface area is 78.2 Å². The molecule has 0 aromatic carbocycles. The number of hydrogen-bond donors (Lipinski definition) is 4. The molecule has 4 heteroatoms. The molecule has 1 aliphatic carbocycles. The average molecular weight is 183 g/mol. The number of nitrogens with one attached hydrogen (secondary N) is 2. The van der Waals surface area contributed by atoms with Crippen LogP contribution in [-0.2, 0) is 0 Å². The van der Waals surface area contributed by atoms with Crippen LogP contribution in [-0.4, -0.2) is 23.4 Å². The fraction of sp³-hybridized carbons (Fsp3) is 0.778. The zero-order valence-corrected chi connectivity index (χ0v) is 7.83. The van der Waals surface area contributed by atoms with E-state index in [1.807, 2.05) is 0 Å². The number of hydrazine groups is 1. The summed E-state index contributed by atoms with van der Waals surface area (Å²) in [5.74, 6) is 5.99. The van der Waals surface area contributed by atoms with E-state index in [2.05, 4.69) is 23.7 Å². The summed E-state index contributed by atoms with van der Waals surface area (Å²) in [4.78, 5) is 0. The lowest BCUT2D eigenvalue weighted by atomic mass is 9.87. The van der Waals surface area contributed by atoms with Crippen LogP contribution in [0.3, 0.4) is 0 Å². The number of fused-ring (bicyclic) bond motifs is 1. The van der Waals surface area contributed by atoms with Gasteiger partial charge >= 0.3 is 0 Å². The molecule has 1 aliphatic heterocycles. The van der Waals surface area contributed by atoms with Gasteiger partial charge < -0.3 is 5.11 Å². The molecule has 74 valence electrons. The third-order valence-electron chi connectivity index (χ3n) is 3.02. The molecule has 0 radical (unpaired) electrons. The number of aliphatic hydroxyl groups excluding tert-OH is 1. The molecule has 0 amide bonds. The summed E-state index contributed by atoms with van der Waals surface area (Å²) in [7, 11) is 0. The van der Waals surface area contributed by atoms with Crippen LogP contribution in [0, 0.1) is 5.92 Å². The number of rotatable bonds is 1. The van der Waals surface area contributed by atoms with Crippen LogP contribution < -0.4 is 16.6 Å². The summed E-state index contributed by atoms with van der Waals surface area (Å²) in [5.41, 5.74) is 3.88. The quantitative estimate of drug-likeness (QED) is 0.250. The van der Waals surface area contributed by atoms with E-state index in [1.54, 1.807) is 0 Å². The molecule has 1 heterocycles. The Bertz CT molecular complexity index is 229. The van der Waals surface area contributed by atoms with E-state index in [0.29, 0.717) is 12.0 Å². The Morgan fingerprint density at radius 3 is 3.08 bits per heavy atom. The SMILES string of the molecule is CC1C=C2C(CC1)NC(O)C2NN. The van der Waals surface area contributed by atoms with E-state index in [-0.39, 0.29) is 6.04 Å². The minimum absolute atomic E-state index is 0.104. The zero-order valence-electron chi connectivity index (χ0n) is 7.83. The van der Waals surface area contributed by atoms with Crippen molar-refractivity contribution in [2.24, 2.45) is 11.8 Å². The second-order valence-electron chi connectivity index (χ2n) is 4.03. The van der Waals surface area contributed by atoms with E-state index in [1.165, 1.54) is 12.0 Å². The van der Waals surface area contributed by atoms with Gasteiger partial charge in [-0.2, -0.15) is 0 Å². The molecule has 4 nitrogen and oxygen atoms in total. The maximum atomic E-state index is 9.61. The molecule has 0 aromatic rings. The Kier molecular flexibility index (Phi) is 2.38. The van der Waals surface area contributed by atoms with E-state index >= 15 is 0 Å². The van der Waals surface area contributed by atoms with Gasteiger partial charge in [-0.05, 0) is 24.3 Å². The normalized spacial score (nSPS) is 44.4. The Morgan fingerprint density at radius 2 is 2.38 bits per heavy atom. The summed E-state index contributed by atoms with van der Waals surface area (Å²) < 4.78 is 0. The van der Waals surface area contributed by atoms with Gasteiger partial charge in [-0.15, -0.1) is 0 Å². The van der Waals surface area contributed by atoms with Gasteiger partial charge in [-0.3, -0.25) is 11.2 Å². The summed E-state index contributed by atoms with van der Waals surface area (Å²) in [6.07, 6.45) is 3.97. The highest BCUT2D eigenvalue weighted by atomic mass is 16.3. The van der Waals surface area contributed by atoms with Gasteiger partial charge in [0.05, 0.1) is 6.04 Å². The van der Waals surface area contributed by atoms with E-state index in [0.717, 1.165) is 6.42 Å². The van der Waals surface area contributed by atoms with E-state index in [9.17, 15) is 5.11 Å². The van der Waals surface area contributed by atoms with Crippen molar-refractivity contribution in [1.29, 1.82) is 0 Å². The maximum absolute atomic E-state index is 9.61. The van der Waals surface area contributed by atoms with Crippen LogP contribution in [0.25, 0.3) is 0 Å². The van der Waals surface area contributed by atoms with Crippen LogP contribution in [0.4, 0.5) is 0 Å². The van der Waals surface area contributed by atoms with Gasteiger partial charge in [0, 0.05) is 6.04 Å². The lowest BCUT2D eigenvalue weighted by molar-refractivity contribution is 0.129. The molecule has 5 N–H and O–H groups in total. The molecular weight excluding hydrogens is 166 g/mol. The van der Waals surface area contributed by atoms with Gasteiger partial charge in [-0.25, -0.2) is 5.43 Å². The molecule has 4 unspecified atom stereocenters. The zero-order chi connectivity index (χ0) is 9.42. The lowest BCUT2D eigenvalue weighted by Gasteiger charge is -2.23. The van der Waals surface area contributed by atoms with Crippen molar-refractivity contribution in [1.82, 2.24) is 10.7 Å². The summed E-state index contributed by atoms with van der Waals surface area (Å²) in [6, 6.07) is 0.222. The van der Waals surface area contributed by atoms with Gasteiger partial charge in [0.25, 0.3) is 0 Å². The second-order valence-corrected chi connectivity index (χ2v) is 4.03. The molecule has 4 atom stereocenters. The summed E-state index contributed by atoms with van der Waals surface area (Å²) >= 11 is 0. The van der Waals surface area contributed by atoms with Crippen molar-refractivity contribution >= 4 is 0 Å². The highest BCUT2D eigenvalue weighted by Gasteiger charge is 2.38. The highest BCUT2D eigenvalue weighted by Crippen LogP contribution is 2.30. The first-order valence-corrected chi connectivity index (χ1v) is 4.84. The van der Waals surface area contributed by atoms with Crippen LogP contribution >= 0.6 is 0 Å². The molecule has 0 aromatic heterocycles. The molecule has 2 rings (SSSR count). The highest BCUT2D eigenvalue weighted by molar-refractivity contribution is 5.27. The fourth-order valence-electron chi connectivity index (χ4n) is 2.30. The first kappa shape index (κ1) is 9.15. The predicted octanol–water partition coefficient (Wildman–Crippen LogP) is -0.535. The topological polar surface area (TPSA) is 70.3 Å². The van der Waals surface area contributed by atoms with Crippen molar-refractivity contribution in [2.75, 3.05) is 0 Å². The van der Waals surface area contributed by atoms with Gasteiger partial charge in [0.15, 0.2) is 0 Å². The second kappa shape index (κ2) is 3.38. The van der Waals surface area contributed by atoms with Crippen molar-refractivity contribution in [2.45, 2.75) is 38.1 Å². The van der Waals surface area contributed by atoms with Crippen molar-refractivity contribution in [3.63, 3.8) is 0 Å². The standard InChI is InChI=1S/C9H17N3O/c1-5-2-3-7-6(4-5)8(12-10)9(13)11-7/h4-5,7-9,11-13H,2-3,10H2,1H3. The molecular formula is C9H17N3O. The molecule has 2 aliphatic rings. The van der Waals surface area contributed by atoms with Crippen molar-refractivity contribution in [3.05, 3.63) is 11.6 Å². The molecule has 1 saturated heterocycles. The van der Waals surface area contributed by atoms with E-state index in [4.69, 9.17) is 5.84 Å².